The number of nitrogens with zero attached hydrogens (tertiary/aromatic N) is 1. The SMILES string of the molecule is O=C(O)CN(C(=O)c1cc(Cl)c(Cl)[nH]1)C1CCS(=O)(=O)C1. The number of sulfone groups is 1. The normalized spacial score (nSPS) is 20.4. The highest BCUT2D eigenvalue weighted by atomic mass is 35.5. The molecule has 2 N–H and O–H groups in total. The molecule has 0 aliphatic carbocycles. The first-order valence-corrected chi connectivity index (χ1v) is 8.54. The molecule has 1 atom stereocenters. The van der Waals surface area contributed by atoms with E-state index in [1.165, 1.54) is 6.07 Å². The van der Waals surface area contributed by atoms with Crippen LogP contribution in [0.3, 0.4) is 0 Å². The van der Waals surface area contributed by atoms with E-state index < -0.39 is 34.3 Å². The van der Waals surface area contributed by atoms with Crippen molar-refractivity contribution in [1.29, 1.82) is 0 Å². The molecule has 0 aromatic carbocycles. The number of carbonyl (C=O) groups excluding carboxylic acids is 1. The molecule has 1 aliphatic rings. The first kappa shape index (κ1) is 16.1. The molecular weight excluding hydrogens is 343 g/mol. The van der Waals surface area contributed by atoms with Crippen molar-refractivity contribution in [3.8, 4) is 0 Å². The number of nitrogens with one attached hydrogen (secondary N) is 1. The van der Waals surface area contributed by atoms with E-state index in [-0.39, 0.29) is 33.8 Å². The number of aromatic amines is 1. The minimum atomic E-state index is -3.24. The molecule has 1 amide bonds. The molecule has 0 saturated carbocycles. The maximum atomic E-state index is 12.4. The van der Waals surface area contributed by atoms with Crippen molar-refractivity contribution in [2.75, 3.05) is 18.1 Å². The van der Waals surface area contributed by atoms with Crippen LogP contribution in [0.15, 0.2) is 6.07 Å². The van der Waals surface area contributed by atoms with Crippen LogP contribution in [-0.2, 0) is 14.6 Å². The van der Waals surface area contributed by atoms with Gasteiger partial charge in [-0.1, -0.05) is 23.2 Å². The second kappa shape index (κ2) is 5.86. The summed E-state index contributed by atoms with van der Waals surface area (Å²) >= 11 is 11.5. The lowest BCUT2D eigenvalue weighted by atomic mass is 10.2. The van der Waals surface area contributed by atoms with E-state index in [4.69, 9.17) is 28.3 Å². The lowest BCUT2D eigenvalue weighted by Crippen LogP contribution is -2.44. The minimum Gasteiger partial charge on any atom is -0.480 e. The fourth-order valence-electron chi connectivity index (χ4n) is 2.21. The predicted molar refractivity (Wildman–Crippen MR) is 76.5 cm³/mol. The standard InChI is InChI=1S/C11H12Cl2N2O5S/c12-7-3-8(14-10(7)13)11(18)15(4-9(16)17)6-1-2-21(19,20)5-6/h3,6,14H,1-2,4-5H2,(H,16,17). The number of carboxylic acid groups (broad SMARTS) is 1. The summed E-state index contributed by atoms with van der Waals surface area (Å²) in [5.74, 6) is -2.17. The van der Waals surface area contributed by atoms with Crippen molar-refractivity contribution in [3.63, 3.8) is 0 Å². The highest BCUT2D eigenvalue weighted by Gasteiger charge is 2.36. The van der Waals surface area contributed by atoms with Crippen LogP contribution in [0, 0.1) is 0 Å². The van der Waals surface area contributed by atoms with Crippen LogP contribution in [0.25, 0.3) is 0 Å². The van der Waals surface area contributed by atoms with E-state index >= 15 is 0 Å². The van der Waals surface area contributed by atoms with Gasteiger partial charge in [-0.25, -0.2) is 8.42 Å². The van der Waals surface area contributed by atoms with Crippen molar-refractivity contribution < 1.29 is 23.1 Å². The number of halogens is 2. The van der Waals surface area contributed by atoms with E-state index in [0.29, 0.717) is 0 Å². The molecule has 1 aromatic rings. The Hall–Kier alpha value is -1.25. The number of hydrogen-bond acceptors (Lipinski definition) is 4. The van der Waals surface area contributed by atoms with Gasteiger partial charge in [0.15, 0.2) is 9.84 Å². The minimum absolute atomic E-state index is 0.0237. The van der Waals surface area contributed by atoms with Crippen molar-refractivity contribution in [2.24, 2.45) is 0 Å². The molecule has 0 bridgehead atoms. The van der Waals surface area contributed by atoms with Crippen molar-refractivity contribution in [2.45, 2.75) is 12.5 Å². The van der Waals surface area contributed by atoms with Gasteiger partial charge in [-0.05, 0) is 12.5 Å². The van der Waals surface area contributed by atoms with Crippen LogP contribution < -0.4 is 0 Å². The van der Waals surface area contributed by atoms with E-state index in [9.17, 15) is 18.0 Å². The fraction of sp³-hybridized carbons (Fsp3) is 0.455. The lowest BCUT2D eigenvalue weighted by Gasteiger charge is -2.26. The molecule has 10 heteroatoms. The smallest absolute Gasteiger partial charge is 0.323 e. The summed E-state index contributed by atoms with van der Waals surface area (Å²) in [7, 11) is -3.24. The number of aromatic nitrogens is 1. The van der Waals surface area contributed by atoms with Gasteiger partial charge in [0.2, 0.25) is 0 Å². The fourth-order valence-corrected chi connectivity index (χ4v) is 4.25. The number of H-pyrrole nitrogens is 1. The van der Waals surface area contributed by atoms with Crippen molar-refractivity contribution >= 4 is 44.9 Å². The number of amides is 1. The Balaban J connectivity index is 2.27. The van der Waals surface area contributed by atoms with Crippen molar-refractivity contribution in [3.05, 3.63) is 21.9 Å². The van der Waals surface area contributed by atoms with Crippen LogP contribution in [0.2, 0.25) is 10.2 Å². The van der Waals surface area contributed by atoms with Crippen LogP contribution in [0.5, 0.6) is 0 Å². The zero-order valence-electron chi connectivity index (χ0n) is 10.7. The largest absolute Gasteiger partial charge is 0.480 e. The summed E-state index contributed by atoms with van der Waals surface area (Å²) in [6, 6.07) is 0.615. The summed E-state index contributed by atoms with van der Waals surface area (Å²) in [6.45, 7) is -0.590. The molecule has 1 saturated heterocycles. The first-order valence-electron chi connectivity index (χ1n) is 5.97. The number of hydrogen-bond donors (Lipinski definition) is 2. The number of aliphatic carboxylic acids is 1. The van der Waals surface area contributed by atoms with Gasteiger partial charge in [-0.3, -0.25) is 9.59 Å². The number of carbonyl (C=O) groups is 2. The van der Waals surface area contributed by atoms with Gasteiger partial charge in [0, 0.05) is 6.04 Å². The summed E-state index contributed by atoms with van der Waals surface area (Å²) in [5.41, 5.74) is 0.0237. The topological polar surface area (TPSA) is 108 Å². The molecule has 1 fully saturated rings. The zero-order chi connectivity index (χ0) is 15.8. The molecule has 2 heterocycles. The van der Waals surface area contributed by atoms with Gasteiger partial charge in [0.05, 0.1) is 16.5 Å². The highest BCUT2D eigenvalue weighted by Crippen LogP contribution is 2.25. The van der Waals surface area contributed by atoms with Gasteiger partial charge < -0.3 is 15.0 Å². The third kappa shape index (κ3) is 3.69. The van der Waals surface area contributed by atoms with E-state index in [1.807, 2.05) is 0 Å². The van der Waals surface area contributed by atoms with Crippen LogP contribution in [0.4, 0.5) is 0 Å². The maximum Gasteiger partial charge on any atom is 0.323 e. The average Bonchev–Trinajstić information content (AvgIpc) is 2.89. The Morgan fingerprint density at radius 3 is 2.52 bits per heavy atom. The Morgan fingerprint density at radius 1 is 1.43 bits per heavy atom. The number of rotatable bonds is 4. The second-order valence-corrected chi connectivity index (χ2v) is 7.74. The Morgan fingerprint density at radius 2 is 2.10 bits per heavy atom. The third-order valence-electron chi connectivity index (χ3n) is 3.17. The molecule has 0 radical (unpaired) electrons. The molecular formula is C11H12Cl2N2O5S. The molecule has 1 unspecified atom stereocenters. The summed E-state index contributed by atoms with van der Waals surface area (Å²) in [4.78, 5) is 26.9. The van der Waals surface area contributed by atoms with Crippen molar-refractivity contribution in [1.82, 2.24) is 9.88 Å². The molecule has 2 rings (SSSR count). The molecule has 7 nitrogen and oxygen atoms in total. The van der Waals surface area contributed by atoms with E-state index in [1.54, 1.807) is 0 Å². The summed E-state index contributed by atoms with van der Waals surface area (Å²) in [6.07, 6.45) is 0.212. The Labute approximate surface area is 130 Å². The van der Waals surface area contributed by atoms with Crippen LogP contribution >= 0.6 is 23.2 Å². The van der Waals surface area contributed by atoms with E-state index in [0.717, 1.165) is 4.90 Å². The van der Waals surface area contributed by atoms with Gasteiger partial charge in [0.1, 0.15) is 17.4 Å². The molecule has 21 heavy (non-hydrogen) atoms. The quantitative estimate of drug-likeness (QED) is 0.839. The van der Waals surface area contributed by atoms with Gasteiger partial charge in [0.25, 0.3) is 5.91 Å². The second-order valence-electron chi connectivity index (χ2n) is 4.73. The Kier molecular flexibility index (Phi) is 4.50. The maximum absolute atomic E-state index is 12.4. The van der Waals surface area contributed by atoms with E-state index in [2.05, 4.69) is 4.98 Å². The average molecular weight is 355 g/mol. The van der Waals surface area contributed by atoms with Gasteiger partial charge >= 0.3 is 5.97 Å². The van der Waals surface area contributed by atoms with Crippen LogP contribution in [0.1, 0.15) is 16.9 Å². The first-order chi connectivity index (χ1) is 9.69. The van der Waals surface area contributed by atoms with Crippen LogP contribution in [-0.4, -0.2) is 59.4 Å². The monoisotopic (exact) mass is 354 g/mol. The molecule has 116 valence electrons. The zero-order valence-corrected chi connectivity index (χ0v) is 13.0. The van der Waals surface area contributed by atoms with Gasteiger partial charge in [-0.15, -0.1) is 0 Å². The molecule has 1 aliphatic heterocycles. The van der Waals surface area contributed by atoms with Gasteiger partial charge in [-0.2, -0.15) is 0 Å². The summed E-state index contributed by atoms with van der Waals surface area (Å²) in [5, 5.41) is 9.12. The highest BCUT2D eigenvalue weighted by molar-refractivity contribution is 7.91. The molecule has 1 aromatic heterocycles. The number of carboxylic acids is 1. The summed E-state index contributed by atoms with van der Waals surface area (Å²) < 4.78 is 23.0. The third-order valence-corrected chi connectivity index (χ3v) is 5.61. The Bertz CT molecular complexity index is 665. The predicted octanol–water partition coefficient (Wildman–Crippen LogP) is 1.04. The lowest BCUT2D eigenvalue weighted by molar-refractivity contribution is -0.138. The molecule has 0 spiro atoms.